The fraction of sp³-hybridized carbons (Fsp3) is 0.312. The number of nitrogens with zero attached hydrogens (tertiary/aromatic N) is 3. The smallest absolute Gasteiger partial charge is 0.227 e. The maximum absolute atomic E-state index is 13.1. The number of hydrogen-bond acceptors (Lipinski definition) is 4. The van der Waals surface area contributed by atoms with Crippen molar-refractivity contribution in [3.63, 3.8) is 0 Å². The molecule has 6 heteroatoms. The lowest BCUT2D eigenvalue weighted by atomic mass is 10.1. The van der Waals surface area contributed by atoms with E-state index >= 15 is 0 Å². The predicted molar refractivity (Wildman–Crippen MR) is 152 cm³/mol. The summed E-state index contributed by atoms with van der Waals surface area (Å²) in [5, 5.41) is 0. The molecule has 1 unspecified atom stereocenters. The van der Waals surface area contributed by atoms with Crippen LogP contribution in [0.25, 0.3) is 11.0 Å². The van der Waals surface area contributed by atoms with Gasteiger partial charge in [-0.3, -0.25) is 4.79 Å². The Morgan fingerprint density at radius 3 is 2.71 bits per heavy atom. The second-order valence-corrected chi connectivity index (χ2v) is 9.68. The minimum absolute atomic E-state index is 0.0400. The van der Waals surface area contributed by atoms with Gasteiger partial charge in [-0.2, -0.15) is 0 Å². The number of ether oxygens (including phenoxy) is 2. The number of carbonyl (C=O) groups is 1. The van der Waals surface area contributed by atoms with Gasteiger partial charge in [0.2, 0.25) is 5.91 Å². The molecule has 0 N–H and O–H groups in total. The molecule has 1 aromatic heterocycles. The zero-order chi connectivity index (χ0) is 26.5. The summed E-state index contributed by atoms with van der Waals surface area (Å²) in [6.45, 7) is 7.88. The molecule has 5 rings (SSSR count). The van der Waals surface area contributed by atoms with Crippen molar-refractivity contribution in [3.05, 3.63) is 96.3 Å². The lowest BCUT2D eigenvalue weighted by Crippen LogP contribution is -2.25. The van der Waals surface area contributed by atoms with Crippen LogP contribution < -0.4 is 14.4 Å². The normalized spacial score (nSPS) is 15.3. The highest BCUT2D eigenvalue weighted by atomic mass is 16.5. The summed E-state index contributed by atoms with van der Waals surface area (Å²) in [5.41, 5.74) is 5.41. The van der Waals surface area contributed by atoms with Gasteiger partial charge in [0.1, 0.15) is 5.82 Å². The highest BCUT2D eigenvalue weighted by molar-refractivity contribution is 5.97. The lowest BCUT2D eigenvalue weighted by molar-refractivity contribution is -0.117. The summed E-state index contributed by atoms with van der Waals surface area (Å²) in [5.74, 6) is 2.64. The van der Waals surface area contributed by atoms with E-state index in [1.165, 1.54) is 5.56 Å². The summed E-state index contributed by atoms with van der Waals surface area (Å²) in [4.78, 5) is 20.1. The van der Waals surface area contributed by atoms with Gasteiger partial charge in [0.15, 0.2) is 11.5 Å². The Morgan fingerprint density at radius 2 is 1.89 bits per heavy atom. The van der Waals surface area contributed by atoms with Crippen molar-refractivity contribution in [2.24, 2.45) is 0 Å². The molecule has 3 aromatic carbocycles. The van der Waals surface area contributed by atoms with Gasteiger partial charge >= 0.3 is 0 Å². The Kier molecular flexibility index (Phi) is 7.78. The second-order valence-electron chi connectivity index (χ2n) is 9.68. The number of aromatic nitrogens is 2. The minimum atomic E-state index is 0.0400. The van der Waals surface area contributed by atoms with Gasteiger partial charge in [-0.15, -0.1) is 6.58 Å². The van der Waals surface area contributed by atoms with Crippen molar-refractivity contribution in [2.45, 2.75) is 45.1 Å². The first-order valence-electron chi connectivity index (χ1n) is 13.4. The fourth-order valence-electron chi connectivity index (χ4n) is 5.36. The van der Waals surface area contributed by atoms with Crippen LogP contribution in [0.3, 0.4) is 0 Å². The van der Waals surface area contributed by atoms with Gasteiger partial charge in [0.25, 0.3) is 0 Å². The van der Waals surface area contributed by atoms with E-state index in [0.717, 1.165) is 65.4 Å². The van der Waals surface area contributed by atoms with Crippen LogP contribution in [0.15, 0.2) is 79.4 Å². The van der Waals surface area contributed by atoms with Gasteiger partial charge in [0.05, 0.1) is 24.8 Å². The van der Waals surface area contributed by atoms with E-state index in [0.29, 0.717) is 19.6 Å². The zero-order valence-electron chi connectivity index (χ0n) is 22.2. The molecule has 1 saturated heterocycles. The van der Waals surface area contributed by atoms with E-state index in [1.54, 1.807) is 7.11 Å². The number of para-hydroxylation sites is 3. The van der Waals surface area contributed by atoms with Crippen molar-refractivity contribution >= 4 is 22.6 Å². The van der Waals surface area contributed by atoms with Crippen molar-refractivity contribution in [2.75, 3.05) is 25.2 Å². The SMILES string of the molecule is C=CCc1ccc(OCCCn2c(C3CC(=O)N(c4ccccc4CC)C3)nc3ccccc32)c(OC)c1. The predicted octanol–water partition coefficient (Wildman–Crippen LogP) is 6.33. The molecule has 38 heavy (non-hydrogen) atoms. The summed E-state index contributed by atoms with van der Waals surface area (Å²) in [6.07, 6.45) is 4.82. The number of carbonyl (C=O) groups excluding carboxylic acids is 1. The van der Waals surface area contributed by atoms with E-state index in [4.69, 9.17) is 14.5 Å². The lowest BCUT2D eigenvalue weighted by Gasteiger charge is -2.20. The van der Waals surface area contributed by atoms with Crippen LogP contribution in [0.5, 0.6) is 11.5 Å². The molecule has 0 saturated carbocycles. The number of hydrogen-bond donors (Lipinski definition) is 0. The van der Waals surface area contributed by atoms with E-state index in [9.17, 15) is 4.79 Å². The molecular formula is C32H35N3O3. The van der Waals surface area contributed by atoms with Crippen LogP contribution in [-0.2, 0) is 24.2 Å². The highest BCUT2D eigenvalue weighted by Gasteiger charge is 2.35. The number of allylic oxidation sites excluding steroid dienone is 1. The number of methoxy groups -OCH3 is 1. The largest absolute Gasteiger partial charge is 0.493 e. The van der Waals surface area contributed by atoms with E-state index in [1.807, 2.05) is 59.5 Å². The number of aryl methyl sites for hydroxylation is 2. The second kappa shape index (κ2) is 11.5. The van der Waals surface area contributed by atoms with Gasteiger partial charge < -0.3 is 18.9 Å². The first-order valence-corrected chi connectivity index (χ1v) is 13.4. The number of fused-ring (bicyclic) bond motifs is 1. The zero-order valence-corrected chi connectivity index (χ0v) is 22.2. The number of benzene rings is 3. The topological polar surface area (TPSA) is 56.6 Å². The van der Waals surface area contributed by atoms with Crippen molar-refractivity contribution < 1.29 is 14.3 Å². The first-order chi connectivity index (χ1) is 18.6. The Bertz CT molecular complexity index is 1440. The molecular weight excluding hydrogens is 474 g/mol. The molecule has 4 aromatic rings. The van der Waals surface area contributed by atoms with E-state index < -0.39 is 0 Å². The van der Waals surface area contributed by atoms with Crippen LogP contribution in [0, 0.1) is 0 Å². The summed E-state index contributed by atoms with van der Waals surface area (Å²) < 4.78 is 13.9. The Hall–Kier alpha value is -4.06. The molecule has 0 bridgehead atoms. The van der Waals surface area contributed by atoms with Crippen molar-refractivity contribution in [1.29, 1.82) is 0 Å². The van der Waals surface area contributed by atoms with Crippen molar-refractivity contribution in [1.82, 2.24) is 9.55 Å². The monoisotopic (exact) mass is 509 g/mol. The van der Waals surface area contributed by atoms with Crippen molar-refractivity contribution in [3.8, 4) is 11.5 Å². The van der Waals surface area contributed by atoms with E-state index in [-0.39, 0.29) is 11.8 Å². The number of imidazole rings is 1. The van der Waals surface area contributed by atoms with E-state index in [2.05, 4.69) is 36.3 Å². The molecule has 0 spiro atoms. The molecule has 1 aliphatic rings. The standard InChI is InChI=1S/C32H35N3O3/c1-4-11-23-16-17-29(30(20-23)37-3)38-19-10-18-34-28-15-9-7-13-26(28)33-32(34)25-21-31(36)35(22-25)27-14-8-6-12-24(27)5-2/h4,6-9,12-17,20,25H,1,5,10-11,18-19,21-22H2,2-3H3. The van der Waals surface area contributed by atoms with Crippen LogP contribution in [0.1, 0.15) is 42.6 Å². The van der Waals surface area contributed by atoms with Crippen LogP contribution in [0.2, 0.25) is 0 Å². The third kappa shape index (κ3) is 5.17. The van der Waals surface area contributed by atoms with Gasteiger partial charge in [-0.05, 0) is 60.7 Å². The van der Waals surface area contributed by atoms with Crippen LogP contribution in [-0.4, -0.2) is 35.7 Å². The summed E-state index contributed by atoms with van der Waals surface area (Å²) in [6, 6.07) is 22.4. The Balaban J connectivity index is 1.33. The molecule has 0 radical (unpaired) electrons. The number of anilines is 1. The van der Waals surface area contributed by atoms with Crippen LogP contribution >= 0.6 is 0 Å². The maximum Gasteiger partial charge on any atom is 0.227 e. The molecule has 1 aliphatic heterocycles. The average Bonchev–Trinajstić information content (AvgIpc) is 3.52. The third-order valence-electron chi connectivity index (χ3n) is 7.23. The van der Waals surface area contributed by atoms with Gasteiger partial charge in [-0.25, -0.2) is 4.98 Å². The first kappa shape index (κ1) is 25.6. The Labute approximate surface area is 224 Å². The molecule has 2 heterocycles. The summed E-state index contributed by atoms with van der Waals surface area (Å²) in [7, 11) is 1.66. The minimum Gasteiger partial charge on any atom is -0.493 e. The molecule has 1 amide bonds. The molecule has 6 nitrogen and oxygen atoms in total. The highest BCUT2D eigenvalue weighted by Crippen LogP contribution is 2.35. The Morgan fingerprint density at radius 1 is 1.08 bits per heavy atom. The molecule has 196 valence electrons. The third-order valence-corrected chi connectivity index (χ3v) is 7.23. The average molecular weight is 510 g/mol. The molecule has 0 aliphatic carbocycles. The van der Waals surface area contributed by atoms with Gasteiger partial charge in [-0.1, -0.05) is 49.4 Å². The van der Waals surface area contributed by atoms with Gasteiger partial charge in [0, 0.05) is 31.1 Å². The molecule has 1 atom stereocenters. The summed E-state index contributed by atoms with van der Waals surface area (Å²) >= 11 is 0. The van der Waals surface area contributed by atoms with Crippen LogP contribution in [0.4, 0.5) is 5.69 Å². The number of amides is 1. The number of rotatable bonds is 11. The molecule has 1 fully saturated rings. The maximum atomic E-state index is 13.1. The fourth-order valence-corrected chi connectivity index (χ4v) is 5.36. The quantitative estimate of drug-likeness (QED) is 0.175.